The van der Waals surface area contributed by atoms with Crippen LogP contribution in [0.1, 0.15) is 44.3 Å². The van der Waals surface area contributed by atoms with E-state index in [9.17, 15) is 14.4 Å². The number of fused-ring (bicyclic) bond motifs is 3. The van der Waals surface area contributed by atoms with Crippen LogP contribution in [0.2, 0.25) is 0 Å². The number of hydrogen-bond donors (Lipinski definition) is 3. The maximum atomic E-state index is 12.9. The van der Waals surface area contributed by atoms with Crippen LogP contribution in [0.4, 0.5) is 9.93 Å². The summed E-state index contributed by atoms with van der Waals surface area (Å²) in [7, 11) is 0. The van der Waals surface area contributed by atoms with E-state index >= 15 is 0 Å². The molecule has 0 aromatic carbocycles. The second kappa shape index (κ2) is 8.67. The van der Waals surface area contributed by atoms with Gasteiger partial charge >= 0.3 is 12.0 Å². The molecule has 2 atom stereocenters. The van der Waals surface area contributed by atoms with Gasteiger partial charge in [-0.25, -0.2) is 24.5 Å². The van der Waals surface area contributed by atoms with Crippen LogP contribution in [-0.4, -0.2) is 68.2 Å². The van der Waals surface area contributed by atoms with Crippen molar-refractivity contribution in [3.05, 3.63) is 23.3 Å². The Bertz CT molecular complexity index is 1110. The Labute approximate surface area is 194 Å². The summed E-state index contributed by atoms with van der Waals surface area (Å²) in [6.45, 7) is 5.79. The van der Waals surface area contributed by atoms with Crippen LogP contribution < -0.4 is 11.1 Å². The number of nitrogens with two attached hydrogens (primary N) is 1. The van der Waals surface area contributed by atoms with E-state index in [2.05, 4.69) is 36.1 Å². The molecule has 4 N–H and O–H groups in total. The van der Waals surface area contributed by atoms with Gasteiger partial charge in [0, 0.05) is 18.2 Å². The number of amides is 3. The molecule has 33 heavy (non-hydrogen) atoms. The molecule has 3 heterocycles. The lowest BCUT2D eigenvalue weighted by Crippen LogP contribution is -2.50. The third-order valence-electron chi connectivity index (χ3n) is 5.61. The first kappa shape index (κ1) is 23.1. The fourth-order valence-electron chi connectivity index (χ4n) is 4.01. The minimum atomic E-state index is -1.16. The smallest absolute Gasteiger partial charge is 0.329 e. The molecule has 1 saturated heterocycles. The number of urea groups is 1. The van der Waals surface area contributed by atoms with Gasteiger partial charge in [0.2, 0.25) is 5.91 Å². The lowest BCUT2D eigenvalue weighted by molar-refractivity contribution is -0.146. The molecule has 12 heteroatoms. The van der Waals surface area contributed by atoms with Crippen molar-refractivity contribution in [2.45, 2.75) is 57.6 Å². The molecule has 4 rings (SSSR count). The molecule has 0 spiro atoms. The van der Waals surface area contributed by atoms with Crippen molar-refractivity contribution in [2.24, 2.45) is 5.73 Å². The molecular weight excluding hydrogens is 448 g/mol. The number of carboxylic acid groups (broad SMARTS) is 1. The van der Waals surface area contributed by atoms with Gasteiger partial charge < -0.3 is 20.5 Å². The van der Waals surface area contributed by atoms with Crippen LogP contribution in [0.25, 0.3) is 10.6 Å². The van der Waals surface area contributed by atoms with Gasteiger partial charge in [-0.2, -0.15) is 0 Å². The fourth-order valence-corrected chi connectivity index (χ4v) is 5.03. The molecular formula is C21H26N6O5S. The number of hydrogen-bond acceptors (Lipinski definition) is 8. The summed E-state index contributed by atoms with van der Waals surface area (Å²) in [6, 6.07) is -1.59. The zero-order valence-electron chi connectivity index (χ0n) is 18.6. The second-order valence-corrected chi connectivity index (χ2v) is 10.1. The van der Waals surface area contributed by atoms with Crippen molar-refractivity contribution >= 4 is 34.4 Å². The molecule has 0 unspecified atom stereocenters. The quantitative estimate of drug-likeness (QED) is 0.588. The third-order valence-corrected chi connectivity index (χ3v) is 6.63. The monoisotopic (exact) mass is 474 g/mol. The van der Waals surface area contributed by atoms with E-state index in [4.69, 9.17) is 20.6 Å². The van der Waals surface area contributed by atoms with Crippen LogP contribution in [-0.2, 0) is 32.6 Å². The van der Waals surface area contributed by atoms with Crippen LogP contribution in [0.5, 0.6) is 0 Å². The Morgan fingerprint density at radius 2 is 2.06 bits per heavy atom. The van der Waals surface area contributed by atoms with Crippen molar-refractivity contribution in [3.63, 3.8) is 0 Å². The minimum Gasteiger partial charge on any atom is -0.480 e. The molecule has 0 bridgehead atoms. The Morgan fingerprint density at radius 1 is 1.30 bits per heavy atom. The molecule has 1 aliphatic heterocycles. The van der Waals surface area contributed by atoms with Gasteiger partial charge in [-0.1, -0.05) is 32.1 Å². The number of likely N-dealkylation sites (tertiary alicyclic amines) is 1. The van der Waals surface area contributed by atoms with Gasteiger partial charge in [0.05, 0.1) is 22.4 Å². The van der Waals surface area contributed by atoms with Crippen LogP contribution in [0, 0.1) is 0 Å². The number of carboxylic acids is 1. The second-order valence-electron chi connectivity index (χ2n) is 9.11. The SMILES string of the molecule is CC(C)(C)c1ncc2c(n1)-c1sc(NC(=O)N3CC[C@@H](OCC(=O)O)[C@@H]3C(N)=O)nc1CC2. The molecule has 0 radical (unpaired) electrons. The van der Waals surface area contributed by atoms with E-state index in [1.54, 1.807) is 0 Å². The topological polar surface area (TPSA) is 161 Å². The maximum absolute atomic E-state index is 12.9. The van der Waals surface area contributed by atoms with Crippen molar-refractivity contribution in [3.8, 4) is 10.6 Å². The molecule has 0 saturated carbocycles. The van der Waals surface area contributed by atoms with Crippen molar-refractivity contribution in [1.29, 1.82) is 0 Å². The fraction of sp³-hybridized carbons (Fsp3) is 0.524. The van der Waals surface area contributed by atoms with Crippen molar-refractivity contribution in [2.75, 3.05) is 18.5 Å². The lowest BCUT2D eigenvalue weighted by atomic mass is 9.94. The number of carbonyl (C=O) groups excluding carboxylic acids is 2. The van der Waals surface area contributed by atoms with Gasteiger partial charge in [0.25, 0.3) is 0 Å². The number of aliphatic carboxylic acids is 1. The van der Waals surface area contributed by atoms with E-state index in [1.807, 2.05) is 6.20 Å². The van der Waals surface area contributed by atoms with E-state index in [0.717, 1.165) is 34.1 Å². The molecule has 1 fully saturated rings. The van der Waals surface area contributed by atoms with Gasteiger partial charge in [-0.3, -0.25) is 10.1 Å². The predicted octanol–water partition coefficient (Wildman–Crippen LogP) is 1.56. The van der Waals surface area contributed by atoms with E-state index in [-0.39, 0.29) is 12.0 Å². The summed E-state index contributed by atoms with van der Waals surface area (Å²) in [6.07, 6.45) is 2.88. The minimum absolute atomic E-state index is 0.201. The summed E-state index contributed by atoms with van der Waals surface area (Å²) in [5.74, 6) is -1.17. The Hall–Kier alpha value is -3.12. The number of nitrogens with zero attached hydrogens (tertiary/aromatic N) is 4. The average molecular weight is 475 g/mol. The zero-order valence-corrected chi connectivity index (χ0v) is 19.4. The molecule has 3 amide bonds. The summed E-state index contributed by atoms with van der Waals surface area (Å²) >= 11 is 1.32. The Kier molecular flexibility index (Phi) is 6.06. The molecule has 176 valence electrons. The molecule has 11 nitrogen and oxygen atoms in total. The number of nitrogens with one attached hydrogen (secondary N) is 1. The maximum Gasteiger partial charge on any atom is 0.329 e. The highest BCUT2D eigenvalue weighted by molar-refractivity contribution is 7.19. The van der Waals surface area contributed by atoms with Crippen LogP contribution >= 0.6 is 11.3 Å². The number of aryl methyl sites for hydroxylation is 2. The highest BCUT2D eigenvalue weighted by atomic mass is 32.1. The number of aromatic nitrogens is 3. The first-order chi connectivity index (χ1) is 15.5. The average Bonchev–Trinajstić information content (AvgIpc) is 3.35. The molecule has 2 aliphatic rings. The van der Waals surface area contributed by atoms with Gasteiger partial charge in [0.15, 0.2) is 5.13 Å². The van der Waals surface area contributed by atoms with Gasteiger partial charge in [-0.05, 0) is 24.8 Å². The van der Waals surface area contributed by atoms with Crippen molar-refractivity contribution in [1.82, 2.24) is 19.9 Å². The van der Waals surface area contributed by atoms with E-state index < -0.39 is 36.7 Å². The lowest BCUT2D eigenvalue weighted by Gasteiger charge is -2.25. The standard InChI is InChI=1S/C21H26N6O5S/c1-21(2,3)18-23-8-10-4-5-11-16(14(10)25-18)33-19(24-11)26-20(31)27-7-6-12(15(27)17(22)30)32-9-13(28)29/h8,12,15H,4-7,9H2,1-3H3,(H2,22,30)(H,28,29)(H,24,26,31)/t12-,15-/m1/s1. The largest absolute Gasteiger partial charge is 0.480 e. The number of ether oxygens (including phenoxy) is 1. The van der Waals surface area contributed by atoms with Gasteiger partial charge in [0.1, 0.15) is 18.5 Å². The van der Waals surface area contributed by atoms with Crippen LogP contribution in [0.15, 0.2) is 6.20 Å². The number of primary amides is 1. The normalized spacial score (nSPS) is 19.7. The highest BCUT2D eigenvalue weighted by Crippen LogP contribution is 2.39. The zero-order chi connectivity index (χ0) is 23.9. The Balaban J connectivity index is 1.53. The summed E-state index contributed by atoms with van der Waals surface area (Å²) < 4.78 is 5.26. The molecule has 2 aromatic heterocycles. The molecule has 1 aliphatic carbocycles. The van der Waals surface area contributed by atoms with Crippen LogP contribution in [0.3, 0.4) is 0 Å². The summed E-state index contributed by atoms with van der Waals surface area (Å²) in [4.78, 5) is 51.7. The first-order valence-electron chi connectivity index (χ1n) is 10.6. The summed E-state index contributed by atoms with van der Waals surface area (Å²) in [5, 5.41) is 12.0. The number of rotatable bonds is 5. The number of thiazole rings is 1. The summed E-state index contributed by atoms with van der Waals surface area (Å²) in [5.41, 5.74) is 8.03. The molecule has 2 aromatic rings. The van der Waals surface area contributed by atoms with E-state index in [1.165, 1.54) is 16.2 Å². The predicted molar refractivity (Wildman–Crippen MR) is 120 cm³/mol. The third kappa shape index (κ3) is 4.67. The van der Waals surface area contributed by atoms with Crippen molar-refractivity contribution < 1.29 is 24.2 Å². The number of anilines is 1. The van der Waals surface area contributed by atoms with E-state index in [0.29, 0.717) is 18.0 Å². The highest BCUT2D eigenvalue weighted by Gasteiger charge is 2.42. The number of carbonyl (C=O) groups is 3. The first-order valence-corrected chi connectivity index (χ1v) is 11.4. The van der Waals surface area contributed by atoms with Gasteiger partial charge in [-0.15, -0.1) is 0 Å². The Morgan fingerprint density at radius 3 is 2.73 bits per heavy atom.